The first-order valence-corrected chi connectivity index (χ1v) is 6.29. The Morgan fingerprint density at radius 2 is 2.22 bits per heavy atom. The standard InChI is InChI=1S/C14H21N3O/c1-11-4-3-5-12(8-11)17(2)10-14(6-7-14)9-13(15)16-18/h3-5,8,18H,6-7,9-10H2,1-2H3,(H2,15,16). The zero-order valence-corrected chi connectivity index (χ0v) is 11.1. The molecular weight excluding hydrogens is 226 g/mol. The minimum atomic E-state index is 0.203. The number of hydrogen-bond donors (Lipinski definition) is 2. The molecule has 0 aromatic heterocycles. The van der Waals surface area contributed by atoms with Crippen LogP contribution in [0.4, 0.5) is 5.69 Å². The van der Waals surface area contributed by atoms with Crippen LogP contribution in [-0.2, 0) is 0 Å². The molecule has 0 bridgehead atoms. The zero-order valence-electron chi connectivity index (χ0n) is 11.1. The van der Waals surface area contributed by atoms with Crippen LogP contribution in [0.3, 0.4) is 0 Å². The van der Waals surface area contributed by atoms with Gasteiger partial charge in [0.2, 0.25) is 0 Å². The van der Waals surface area contributed by atoms with Gasteiger partial charge in [-0.3, -0.25) is 0 Å². The van der Waals surface area contributed by atoms with Gasteiger partial charge in [0.25, 0.3) is 0 Å². The fourth-order valence-corrected chi connectivity index (χ4v) is 2.45. The van der Waals surface area contributed by atoms with E-state index in [4.69, 9.17) is 10.9 Å². The summed E-state index contributed by atoms with van der Waals surface area (Å²) < 4.78 is 0. The molecule has 0 aliphatic heterocycles. The highest BCUT2D eigenvalue weighted by molar-refractivity contribution is 5.80. The molecule has 4 heteroatoms. The van der Waals surface area contributed by atoms with E-state index in [9.17, 15) is 0 Å². The fourth-order valence-electron chi connectivity index (χ4n) is 2.45. The number of nitrogens with two attached hydrogens (primary N) is 1. The third-order valence-electron chi connectivity index (χ3n) is 3.66. The van der Waals surface area contributed by atoms with Gasteiger partial charge in [0.15, 0.2) is 0 Å². The summed E-state index contributed by atoms with van der Waals surface area (Å²) in [5, 5.41) is 11.7. The van der Waals surface area contributed by atoms with Crippen LogP contribution in [0.15, 0.2) is 29.4 Å². The molecule has 0 saturated heterocycles. The molecule has 0 heterocycles. The Balaban J connectivity index is 2.01. The van der Waals surface area contributed by atoms with Crippen molar-refractivity contribution in [2.75, 3.05) is 18.5 Å². The van der Waals surface area contributed by atoms with Gasteiger partial charge in [0, 0.05) is 25.7 Å². The van der Waals surface area contributed by atoms with Gasteiger partial charge in [0.1, 0.15) is 5.84 Å². The third kappa shape index (κ3) is 2.94. The van der Waals surface area contributed by atoms with Crippen LogP contribution in [0.2, 0.25) is 0 Å². The van der Waals surface area contributed by atoms with Crippen molar-refractivity contribution in [1.29, 1.82) is 0 Å². The van der Waals surface area contributed by atoms with Crippen molar-refractivity contribution in [1.82, 2.24) is 0 Å². The molecule has 1 aromatic rings. The van der Waals surface area contributed by atoms with Crippen molar-refractivity contribution < 1.29 is 5.21 Å². The van der Waals surface area contributed by atoms with Crippen LogP contribution < -0.4 is 10.6 Å². The predicted octanol–water partition coefficient (Wildman–Crippen LogP) is 2.35. The third-order valence-corrected chi connectivity index (χ3v) is 3.66. The molecule has 0 unspecified atom stereocenters. The molecule has 1 saturated carbocycles. The summed E-state index contributed by atoms with van der Waals surface area (Å²) in [7, 11) is 2.10. The first kappa shape index (κ1) is 12.7. The molecule has 2 rings (SSSR count). The molecule has 0 atom stereocenters. The molecule has 0 amide bonds. The fraction of sp³-hybridized carbons (Fsp3) is 0.500. The highest BCUT2D eigenvalue weighted by atomic mass is 16.4. The molecule has 1 aliphatic carbocycles. The Morgan fingerprint density at radius 3 is 2.78 bits per heavy atom. The monoisotopic (exact) mass is 247 g/mol. The van der Waals surface area contributed by atoms with Crippen LogP contribution in [0.25, 0.3) is 0 Å². The summed E-state index contributed by atoms with van der Waals surface area (Å²) in [5.41, 5.74) is 8.31. The lowest BCUT2D eigenvalue weighted by atomic mass is 10.0. The summed E-state index contributed by atoms with van der Waals surface area (Å²) in [6.07, 6.45) is 2.98. The molecule has 1 aliphatic rings. The van der Waals surface area contributed by atoms with Crippen molar-refractivity contribution in [3.8, 4) is 0 Å². The van der Waals surface area contributed by atoms with Crippen LogP contribution in [0.1, 0.15) is 24.8 Å². The highest BCUT2D eigenvalue weighted by Crippen LogP contribution is 2.49. The van der Waals surface area contributed by atoms with Crippen LogP contribution in [0.5, 0.6) is 0 Å². The number of hydrogen-bond acceptors (Lipinski definition) is 3. The van der Waals surface area contributed by atoms with Gasteiger partial charge in [-0.1, -0.05) is 17.3 Å². The average molecular weight is 247 g/mol. The molecule has 4 nitrogen and oxygen atoms in total. The van der Waals surface area contributed by atoms with Crippen molar-refractivity contribution in [3.05, 3.63) is 29.8 Å². The van der Waals surface area contributed by atoms with Crippen molar-refractivity contribution >= 4 is 11.5 Å². The normalized spacial score (nSPS) is 17.6. The first-order chi connectivity index (χ1) is 8.54. The molecule has 1 fully saturated rings. The van der Waals surface area contributed by atoms with Crippen LogP contribution in [-0.4, -0.2) is 24.6 Å². The van der Waals surface area contributed by atoms with E-state index in [1.807, 2.05) is 0 Å². The van der Waals surface area contributed by atoms with Crippen molar-refractivity contribution in [2.45, 2.75) is 26.2 Å². The van der Waals surface area contributed by atoms with E-state index < -0.39 is 0 Å². The second-order valence-electron chi connectivity index (χ2n) is 5.46. The molecule has 1 aromatic carbocycles. The summed E-state index contributed by atoms with van der Waals surface area (Å²) in [5.74, 6) is 0.338. The number of amidine groups is 1. The number of oxime groups is 1. The number of anilines is 1. The largest absolute Gasteiger partial charge is 0.409 e. The lowest BCUT2D eigenvalue weighted by molar-refractivity contribution is 0.314. The molecule has 98 valence electrons. The van der Waals surface area contributed by atoms with E-state index in [0.717, 1.165) is 19.4 Å². The maximum absolute atomic E-state index is 8.66. The van der Waals surface area contributed by atoms with Crippen molar-refractivity contribution in [2.24, 2.45) is 16.3 Å². The van der Waals surface area contributed by atoms with Gasteiger partial charge in [-0.15, -0.1) is 0 Å². The predicted molar refractivity (Wildman–Crippen MR) is 74.1 cm³/mol. The Bertz CT molecular complexity index is 452. The topological polar surface area (TPSA) is 61.8 Å². The Kier molecular flexibility index (Phi) is 3.45. The lowest BCUT2D eigenvalue weighted by Gasteiger charge is -2.25. The highest BCUT2D eigenvalue weighted by Gasteiger charge is 2.44. The number of aryl methyl sites for hydroxylation is 1. The van der Waals surface area contributed by atoms with Gasteiger partial charge in [-0.05, 0) is 42.9 Å². The minimum absolute atomic E-state index is 0.203. The van der Waals surface area contributed by atoms with E-state index in [2.05, 4.69) is 48.3 Å². The minimum Gasteiger partial charge on any atom is -0.409 e. The Morgan fingerprint density at radius 1 is 1.50 bits per heavy atom. The lowest BCUT2D eigenvalue weighted by Crippen LogP contribution is -2.30. The number of nitrogens with zero attached hydrogens (tertiary/aromatic N) is 2. The van der Waals surface area contributed by atoms with Gasteiger partial charge >= 0.3 is 0 Å². The second-order valence-corrected chi connectivity index (χ2v) is 5.46. The summed E-state index contributed by atoms with van der Waals surface area (Å²) in [4.78, 5) is 2.25. The van der Waals surface area contributed by atoms with Gasteiger partial charge in [-0.2, -0.15) is 0 Å². The van der Waals surface area contributed by atoms with E-state index in [-0.39, 0.29) is 5.41 Å². The smallest absolute Gasteiger partial charge is 0.139 e. The SMILES string of the molecule is Cc1cccc(N(C)CC2(CC(N)=NO)CC2)c1. The Hall–Kier alpha value is -1.71. The van der Waals surface area contributed by atoms with E-state index >= 15 is 0 Å². The number of benzene rings is 1. The molecule has 3 N–H and O–H groups in total. The maximum Gasteiger partial charge on any atom is 0.139 e. The molecular formula is C14H21N3O. The van der Waals surface area contributed by atoms with Crippen LogP contribution >= 0.6 is 0 Å². The maximum atomic E-state index is 8.66. The second kappa shape index (κ2) is 4.88. The Labute approximate surface area is 108 Å². The first-order valence-electron chi connectivity index (χ1n) is 6.29. The van der Waals surface area contributed by atoms with Crippen LogP contribution in [0, 0.1) is 12.3 Å². The summed E-state index contributed by atoms with van der Waals surface area (Å²) in [6.45, 7) is 3.05. The van der Waals surface area contributed by atoms with Gasteiger partial charge < -0.3 is 15.8 Å². The van der Waals surface area contributed by atoms with Crippen molar-refractivity contribution in [3.63, 3.8) is 0 Å². The number of rotatable bonds is 5. The summed E-state index contributed by atoms with van der Waals surface area (Å²) in [6, 6.07) is 8.47. The quantitative estimate of drug-likeness (QED) is 0.363. The van der Waals surface area contributed by atoms with E-state index in [1.54, 1.807) is 0 Å². The molecule has 0 radical (unpaired) electrons. The average Bonchev–Trinajstić information content (AvgIpc) is 3.08. The van der Waals surface area contributed by atoms with Gasteiger partial charge in [0.05, 0.1) is 0 Å². The van der Waals surface area contributed by atoms with E-state index in [1.165, 1.54) is 11.3 Å². The molecule has 0 spiro atoms. The molecule has 18 heavy (non-hydrogen) atoms. The zero-order chi connectivity index (χ0) is 13.2. The van der Waals surface area contributed by atoms with Gasteiger partial charge in [-0.25, -0.2) is 0 Å². The van der Waals surface area contributed by atoms with E-state index in [0.29, 0.717) is 12.3 Å². The summed E-state index contributed by atoms with van der Waals surface area (Å²) >= 11 is 0.